The van der Waals surface area contributed by atoms with Crippen molar-refractivity contribution in [1.82, 2.24) is 24.5 Å². The maximum Gasteiger partial charge on any atom is 0.264 e. The quantitative estimate of drug-likeness (QED) is 0.660. The number of nitrogens with one attached hydrogen (secondary N) is 1. The minimum Gasteiger partial charge on any atom is -0.384 e. The first kappa shape index (κ1) is 16.8. The summed E-state index contributed by atoms with van der Waals surface area (Å²) in [7, 11) is 1.79. The Morgan fingerprint density at radius 3 is 2.69 bits per heavy atom. The van der Waals surface area contributed by atoms with Crippen LogP contribution in [0.3, 0.4) is 0 Å². The number of anilines is 1. The molecule has 1 saturated carbocycles. The Labute approximate surface area is 150 Å². The fourth-order valence-corrected chi connectivity index (χ4v) is 3.63. The predicted octanol–water partition coefficient (Wildman–Crippen LogP) is 1.91. The Balaban J connectivity index is 1.98. The topological polar surface area (TPSA) is 115 Å². The van der Waals surface area contributed by atoms with Gasteiger partial charge in [-0.2, -0.15) is 10.2 Å². The molecule has 0 saturated heterocycles. The number of H-pyrrole nitrogens is 1. The predicted molar refractivity (Wildman–Crippen MR) is 99.6 cm³/mol. The van der Waals surface area contributed by atoms with Crippen molar-refractivity contribution < 1.29 is 5.11 Å². The van der Waals surface area contributed by atoms with Crippen LogP contribution in [-0.4, -0.2) is 29.7 Å². The molecule has 8 nitrogen and oxygen atoms in total. The lowest BCUT2D eigenvalue weighted by atomic mass is 10.0. The van der Waals surface area contributed by atoms with Crippen LogP contribution in [0.2, 0.25) is 0 Å². The number of rotatable bonds is 4. The van der Waals surface area contributed by atoms with E-state index in [-0.39, 0.29) is 17.4 Å². The second kappa shape index (κ2) is 5.44. The first-order valence-corrected chi connectivity index (χ1v) is 8.84. The molecule has 4 rings (SSSR count). The molecule has 1 atom stereocenters. The van der Waals surface area contributed by atoms with Crippen LogP contribution in [0.5, 0.6) is 0 Å². The van der Waals surface area contributed by atoms with Gasteiger partial charge in [0.2, 0.25) is 0 Å². The number of aromatic amines is 1. The van der Waals surface area contributed by atoms with Crippen LogP contribution in [0.15, 0.2) is 17.1 Å². The molecule has 0 aromatic carbocycles. The van der Waals surface area contributed by atoms with E-state index in [1.165, 1.54) is 0 Å². The van der Waals surface area contributed by atoms with Crippen molar-refractivity contribution in [2.45, 2.75) is 45.3 Å². The zero-order chi connectivity index (χ0) is 18.8. The number of aromatic nitrogens is 5. The van der Waals surface area contributed by atoms with Gasteiger partial charge in [-0.05, 0) is 45.6 Å². The van der Waals surface area contributed by atoms with Gasteiger partial charge in [0, 0.05) is 24.8 Å². The van der Waals surface area contributed by atoms with Gasteiger partial charge in [0.05, 0.1) is 16.9 Å². The van der Waals surface area contributed by atoms with Gasteiger partial charge in [-0.15, -0.1) is 0 Å². The van der Waals surface area contributed by atoms with Crippen LogP contribution in [0.1, 0.15) is 45.3 Å². The molecule has 138 valence electrons. The van der Waals surface area contributed by atoms with Crippen LogP contribution in [0.4, 0.5) is 5.82 Å². The van der Waals surface area contributed by atoms with Crippen molar-refractivity contribution in [1.29, 1.82) is 0 Å². The molecule has 3 aromatic rings. The monoisotopic (exact) mass is 356 g/mol. The number of aliphatic hydroxyl groups is 1. The molecule has 1 aliphatic carbocycles. The van der Waals surface area contributed by atoms with E-state index in [0.717, 1.165) is 18.4 Å². The summed E-state index contributed by atoms with van der Waals surface area (Å²) in [5.41, 5.74) is 7.48. The number of hydrogen-bond acceptors (Lipinski definition) is 5. The van der Waals surface area contributed by atoms with E-state index in [0.29, 0.717) is 28.2 Å². The number of fused-ring (bicyclic) bond motifs is 1. The zero-order valence-corrected chi connectivity index (χ0v) is 15.4. The molecular formula is C18H24N6O2. The third-order valence-electron chi connectivity index (χ3n) is 5.31. The van der Waals surface area contributed by atoms with Gasteiger partial charge in [-0.1, -0.05) is 0 Å². The van der Waals surface area contributed by atoms with Gasteiger partial charge in [0.1, 0.15) is 11.0 Å². The van der Waals surface area contributed by atoms with Crippen molar-refractivity contribution in [2.75, 3.05) is 5.73 Å². The molecule has 26 heavy (non-hydrogen) atoms. The summed E-state index contributed by atoms with van der Waals surface area (Å²) in [6.45, 7) is 5.49. The highest BCUT2D eigenvalue weighted by atomic mass is 16.3. The number of aryl methyl sites for hydroxylation is 1. The fraction of sp³-hybridized carbons (Fsp3) is 0.500. The first-order chi connectivity index (χ1) is 12.2. The molecule has 1 fully saturated rings. The molecule has 0 aliphatic heterocycles. The highest BCUT2D eigenvalue weighted by Crippen LogP contribution is 2.40. The Kier molecular flexibility index (Phi) is 3.52. The number of nitrogen functional groups attached to an aromatic ring is 1. The Bertz CT molecular complexity index is 1050. The van der Waals surface area contributed by atoms with Gasteiger partial charge in [-0.25, -0.2) is 0 Å². The summed E-state index contributed by atoms with van der Waals surface area (Å²) in [4.78, 5) is 13.0. The lowest BCUT2D eigenvalue weighted by molar-refractivity contribution is 0.0696. The number of pyridine rings is 1. The molecule has 0 radical (unpaired) electrons. The van der Waals surface area contributed by atoms with Crippen LogP contribution in [-0.2, 0) is 12.6 Å². The van der Waals surface area contributed by atoms with E-state index in [1.54, 1.807) is 30.1 Å². The molecule has 4 N–H and O–H groups in total. The third-order valence-corrected chi connectivity index (χ3v) is 5.31. The molecule has 0 unspecified atom stereocenters. The Morgan fingerprint density at radius 1 is 1.42 bits per heavy atom. The summed E-state index contributed by atoms with van der Waals surface area (Å²) in [5.74, 6) is 0.712. The third kappa shape index (κ3) is 2.52. The normalized spacial score (nSPS) is 16.3. The summed E-state index contributed by atoms with van der Waals surface area (Å²) in [6.07, 6.45) is 4.10. The van der Waals surface area contributed by atoms with Gasteiger partial charge in [0.15, 0.2) is 5.82 Å². The van der Waals surface area contributed by atoms with E-state index in [2.05, 4.69) is 22.2 Å². The van der Waals surface area contributed by atoms with E-state index in [9.17, 15) is 9.90 Å². The molecule has 8 heteroatoms. The molecule has 0 bridgehead atoms. The summed E-state index contributed by atoms with van der Waals surface area (Å²) in [6, 6.07) is 1.93. The smallest absolute Gasteiger partial charge is 0.264 e. The van der Waals surface area contributed by atoms with E-state index >= 15 is 0 Å². The lowest BCUT2D eigenvalue weighted by Gasteiger charge is -2.16. The lowest BCUT2D eigenvalue weighted by Crippen LogP contribution is -2.24. The SMILES string of the molecule is C[C@@H](C1CC1)n1cc(-c2cc(C(C)(C)O)n(C)n2)c2[nH]nc(N)c2c1=O. The van der Waals surface area contributed by atoms with Crippen LogP contribution >= 0.6 is 0 Å². The fourth-order valence-electron chi connectivity index (χ4n) is 3.63. The first-order valence-electron chi connectivity index (χ1n) is 8.84. The molecule has 0 amide bonds. The van der Waals surface area contributed by atoms with E-state index < -0.39 is 5.60 Å². The average molecular weight is 356 g/mol. The van der Waals surface area contributed by atoms with E-state index in [1.807, 2.05) is 12.3 Å². The van der Waals surface area contributed by atoms with Gasteiger partial charge in [0.25, 0.3) is 5.56 Å². The highest BCUT2D eigenvalue weighted by Gasteiger charge is 2.31. The van der Waals surface area contributed by atoms with Gasteiger partial charge < -0.3 is 15.4 Å². The summed E-state index contributed by atoms with van der Waals surface area (Å²) in [5, 5.41) is 22.2. The van der Waals surface area contributed by atoms with Crippen molar-refractivity contribution in [3.05, 3.63) is 28.3 Å². The standard InChI is InChI=1S/C18H24N6O2/c1-9(10-5-6-10)24-8-11(15-14(17(24)25)16(19)21-20-15)12-7-13(18(2,3)26)23(4)22-12/h7-10,26H,5-6H2,1-4H3,(H3,19,20,21)/t9-/m0/s1. The summed E-state index contributed by atoms with van der Waals surface area (Å²) < 4.78 is 3.40. The zero-order valence-electron chi connectivity index (χ0n) is 15.4. The Morgan fingerprint density at radius 2 is 2.12 bits per heavy atom. The maximum absolute atomic E-state index is 13.0. The van der Waals surface area contributed by atoms with Crippen LogP contribution < -0.4 is 11.3 Å². The molecule has 1 aliphatic rings. The van der Waals surface area contributed by atoms with Gasteiger partial charge in [-0.3, -0.25) is 14.6 Å². The average Bonchev–Trinajstić information content (AvgIpc) is 3.22. The molecular weight excluding hydrogens is 332 g/mol. The second-order valence-corrected chi connectivity index (χ2v) is 7.79. The number of nitrogens with two attached hydrogens (primary N) is 1. The highest BCUT2D eigenvalue weighted by molar-refractivity contribution is 5.97. The van der Waals surface area contributed by atoms with Gasteiger partial charge >= 0.3 is 0 Å². The molecule has 3 heterocycles. The van der Waals surface area contributed by atoms with Crippen LogP contribution in [0, 0.1) is 5.92 Å². The number of hydrogen-bond donors (Lipinski definition) is 3. The molecule has 3 aromatic heterocycles. The molecule has 0 spiro atoms. The summed E-state index contributed by atoms with van der Waals surface area (Å²) >= 11 is 0. The van der Waals surface area contributed by atoms with Crippen molar-refractivity contribution >= 4 is 16.7 Å². The van der Waals surface area contributed by atoms with Crippen molar-refractivity contribution in [3.8, 4) is 11.3 Å². The minimum atomic E-state index is -1.03. The Hall–Kier alpha value is -2.61. The van der Waals surface area contributed by atoms with Crippen molar-refractivity contribution in [3.63, 3.8) is 0 Å². The van der Waals surface area contributed by atoms with Crippen LogP contribution in [0.25, 0.3) is 22.2 Å². The second-order valence-electron chi connectivity index (χ2n) is 7.79. The van der Waals surface area contributed by atoms with Crippen molar-refractivity contribution in [2.24, 2.45) is 13.0 Å². The maximum atomic E-state index is 13.0. The largest absolute Gasteiger partial charge is 0.384 e. The number of nitrogens with zero attached hydrogens (tertiary/aromatic N) is 4. The van der Waals surface area contributed by atoms with E-state index in [4.69, 9.17) is 5.73 Å². The minimum absolute atomic E-state index is 0.0948.